The Labute approximate surface area is 108 Å². The molecule has 0 saturated heterocycles. The van der Waals surface area contributed by atoms with Gasteiger partial charge >= 0.3 is 0 Å². The summed E-state index contributed by atoms with van der Waals surface area (Å²) < 4.78 is 0. The van der Waals surface area contributed by atoms with E-state index in [4.69, 9.17) is 0 Å². The van der Waals surface area contributed by atoms with E-state index in [1.807, 2.05) is 6.07 Å². The zero-order valence-electron chi connectivity index (χ0n) is 11.4. The second-order valence-electron chi connectivity index (χ2n) is 5.66. The number of hydrogen-bond donors (Lipinski definition) is 0. The van der Waals surface area contributed by atoms with Crippen molar-refractivity contribution in [2.75, 3.05) is 11.4 Å². The molecule has 4 nitrogen and oxygen atoms in total. The molecule has 1 aromatic carbocycles. The Balaban J connectivity index is 2.57. The predicted octanol–water partition coefficient (Wildman–Crippen LogP) is 3.71. The van der Waals surface area contributed by atoms with Gasteiger partial charge in [0.2, 0.25) is 0 Å². The molecule has 1 atom stereocenters. The van der Waals surface area contributed by atoms with Crippen molar-refractivity contribution in [3.05, 3.63) is 33.9 Å². The van der Waals surface area contributed by atoms with Crippen molar-refractivity contribution < 1.29 is 4.92 Å². The molecule has 98 valence electrons. The summed E-state index contributed by atoms with van der Waals surface area (Å²) in [5.41, 5.74) is 2.48. The summed E-state index contributed by atoms with van der Waals surface area (Å²) in [5.74, 6) is 0.443. The van der Waals surface area contributed by atoms with Crippen LogP contribution in [-0.2, 0) is 0 Å². The summed E-state index contributed by atoms with van der Waals surface area (Å²) in [6.07, 6.45) is 1.08. The Morgan fingerprint density at radius 3 is 2.72 bits per heavy atom. The average Bonchev–Trinajstić information content (AvgIpc) is 2.27. The molecule has 1 heterocycles. The van der Waals surface area contributed by atoms with E-state index in [0.29, 0.717) is 5.92 Å². The highest BCUT2D eigenvalue weighted by atomic mass is 16.6. The van der Waals surface area contributed by atoms with E-state index >= 15 is 0 Å². The number of non-ortho nitro benzene ring substituents is 1. The van der Waals surface area contributed by atoms with Crippen molar-refractivity contribution in [2.24, 2.45) is 0 Å². The van der Waals surface area contributed by atoms with Crippen molar-refractivity contribution in [3.8, 4) is 0 Å². The fourth-order valence-electron chi connectivity index (χ4n) is 3.19. The van der Waals surface area contributed by atoms with Crippen molar-refractivity contribution in [3.63, 3.8) is 0 Å². The Morgan fingerprint density at radius 2 is 2.17 bits per heavy atom. The van der Waals surface area contributed by atoms with Gasteiger partial charge in [-0.1, -0.05) is 6.92 Å². The molecule has 4 heteroatoms. The minimum Gasteiger partial charge on any atom is -0.366 e. The average molecular weight is 248 g/mol. The SMILES string of the molecule is CCN1c2cc([N+](=O)[O-])ccc2C(C)CC1(C)C. The van der Waals surface area contributed by atoms with Gasteiger partial charge in [0.25, 0.3) is 5.69 Å². The maximum absolute atomic E-state index is 10.9. The van der Waals surface area contributed by atoms with Gasteiger partial charge in [0, 0.05) is 29.9 Å². The first-order valence-electron chi connectivity index (χ1n) is 6.43. The number of nitro benzene ring substituents is 1. The molecule has 18 heavy (non-hydrogen) atoms. The first-order valence-corrected chi connectivity index (χ1v) is 6.43. The van der Waals surface area contributed by atoms with E-state index < -0.39 is 0 Å². The molecule has 0 aliphatic carbocycles. The predicted molar refractivity (Wildman–Crippen MR) is 73.2 cm³/mol. The number of anilines is 1. The van der Waals surface area contributed by atoms with Crippen LogP contribution in [0.5, 0.6) is 0 Å². The maximum Gasteiger partial charge on any atom is 0.271 e. The highest BCUT2D eigenvalue weighted by molar-refractivity contribution is 5.63. The smallest absolute Gasteiger partial charge is 0.271 e. The number of rotatable bonds is 2. The topological polar surface area (TPSA) is 46.4 Å². The fourth-order valence-corrected chi connectivity index (χ4v) is 3.19. The third-order valence-electron chi connectivity index (χ3n) is 3.90. The van der Waals surface area contributed by atoms with Crippen molar-refractivity contribution in [1.29, 1.82) is 0 Å². The van der Waals surface area contributed by atoms with E-state index in [9.17, 15) is 10.1 Å². The molecule has 0 N–H and O–H groups in total. The normalized spacial score (nSPS) is 21.6. The van der Waals surface area contributed by atoms with Crippen LogP contribution in [0.2, 0.25) is 0 Å². The van der Waals surface area contributed by atoms with E-state index in [1.165, 1.54) is 5.56 Å². The van der Waals surface area contributed by atoms with E-state index in [0.717, 1.165) is 18.7 Å². The van der Waals surface area contributed by atoms with E-state index in [2.05, 4.69) is 32.6 Å². The van der Waals surface area contributed by atoms with Crippen LogP contribution in [0.4, 0.5) is 11.4 Å². The third kappa shape index (κ3) is 1.96. The molecule has 0 spiro atoms. The molecule has 0 saturated carbocycles. The highest BCUT2D eigenvalue weighted by Gasteiger charge is 2.36. The van der Waals surface area contributed by atoms with Gasteiger partial charge in [0.05, 0.1) is 4.92 Å². The van der Waals surface area contributed by atoms with Gasteiger partial charge in [-0.15, -0.1) is 0 Å². The lowest BCUT2D eigenvalue weighted by molar-refractivity contribution is -0.384. The third-order valence-corrected chi connectivity index (χ3v) is 3.90. The summed E-state index contributed by atoms with van der Waals surface area (Å²) in [5, 5.41) is 10.9. The molecule has 1 aliphatic rings. The molecule has 0 amide bonds. The van der Waals surface area contributed by atoms with Crippen molar-refractivity contribution >= 4 is 11.4 Å². The second-order valence-corrected chi connectivity index (χ2v) is 5.66. The first-order chi connectivity index (χ1) is 8.36. The summed E-state index contributed by atoms with van der Waals surface area (Å²) >= 11 is 0. The lowest BCUT2D eigenvalue weighted by atomic mass is 9.80. The van der Waals surface area contributed by atoms with Gasteiger partial charge in [-0.25, -0.2) is 0 Å². The summed E-state index contributed by atoms with van der Waals surface area (Å²) in [4.78, 5) is 12.9. The zero-order valence-corrected chi connectivity index (χ0v) is 11.4. The molecule has 2 rings (SSSR count). The second kappa shape index (κ2) is 4.26. The number of benzene rings is 1. The van der Waals surface area contributed by atoms with Crippen LogP contribution in [0.25, 0.3) is 0 Å². The fraction of sp³-hybridized carbons (Fsp3) is 0.571. The van der Waals surface area contributed by atoms with Gasteiger partial charge in [-0.05, 0) is 44.7 Å². The van der Waals surface area contributed by atoms with Gasteiger partial charge in [0.1, 0.15) is 0 Å². The minimum absolute atomic E-state index is 0.0520. The van der Waals surface area contributed by atoms with Gasteiger partial charge < -0.3 is 4.90 Å². The summed E-state index contributed by atoms with van der Waals surface area (Å²) in [6.45, 7) is 9.57. The molecule has 1 aliphatic heterocycles. The monoisotopic (exact) mass is 248 g/mol. The van der Waals surface area contributed by atoms with Crippen LogP contribution in [0.15, 0.2) is 18.2 Å². The molecule has 0 bridgehead atoms. The molecular formula is C14H20N2O2. The molecule has 1 unspecified atom stereocenters. The molecule has 0 radical (unpaired) electrons. The van der Waals surface area contributed by atoms with Gasteiger partial charge in [-0.3, -0.25) is 10.1 Å². The van der Waals surface area contributed by atoms with E-state index in [-0.39, 0.29) is 16.1 Å². The molecule has 0 aromatic heterocycles. The standard InChI is InChI=1S/C14H20N2O2/c1-5-15-13-8-11(16(17)18)6-7-12(13)10(2)9-14(15,3)4/h6-8,10H,5,9H2,1-4H3. The molecular weight excluding hydrogens is 228 g/mol. The van der Waals surface area contributed by atoms with Crippen molar-refractivity contribution in [2.45, 2.75) is 45.6 Å². The molecule has 0 fully saturated rings. The van der Waals surface area contributed by atoms with Gasteiger partial charge in [0.15, 0.2) is 0 Å². The number of fused-ring (bicyclic) bond motifs is 1. The van der Waals surface area contributed by atoms with Gasteiger partial charge in [-0.2, -0.15) is 0 Å². The van der Waals surface area contributed by atoms with Crippen LogP contribution < -0.4 is 4.90 Å². The minimum atomic E-state index is -0.319. The Morgan fingerprint density at radius 1 is 1.50 bits per heavy atom. The Bertz CT molecular complexity index is 483. The Kier molecular flexibility index (Phi) is 3.05. The molecule has 1 aromatic rings. The summed E-state index contributed by atoms with van der Waals surface area (Å²) in [6, 6.07) is 5.24. The number of hydrogen-bond acceptors (Lipinski definition) is 3. The van der Waals surface area contributed by atoms with Crippen molar-refractivity contribution in [1.82, 2.24) is 0 Å². The largest absolute Gasteiger partial charge is 0.366 e. The number of nitrogens with zero attached hydrogens (tertiary/aromatic N) is 2. The van der Waals surface area contributed by atoms with E-state index in [1.54, 1.807) is 12.1 Å². The van der Waals surface area contributed by atoms with Crippen LogP contribution in [0.3, 0.4) is 0 Å². The van der Waals surface area contributed by atoms with Crippen LogP contribution in [0, 0.1) is 10.1 Å². The van der Waals surface area contributed by atoms with Crippen LogP contribution in [0.1, 0.15) is 45.6 Å². The number of nitro groups is 1. The highest BCUT2D eigenvalue weighted by Crippen LogP contribution is 2.44. The quantitative estimate of drug-likeness (QED) is 0.592. The first kappa shape index (κ1) is 12.9. The van der Waals surface area contributed by atoms with Crippen LogP contribution in [-0.4, -0.2) is 17.0 Å². The lowest BCUT2D eigenvalue weighted by Crippen LogP contribution is -2.48. The summed E-state index contributed by atoms with van der Waals surface area (Å²) in [7, 11) is 0. The lowest BCUT2D eigenvalue weighted by Gasteiger charge is -2.47. The maximum atomic E-state index is 10.9. The van der Waals surface area contributed by atoms with Crippen LogP contribution >= 0.6 is 0 Å². The Hall–Kier alpha value is -1.58. The zero-order chi connectivity index (χ0) is 13.5.